The summed E-state index contributed by atoms with van der Waals surface area (Å²) in [6, 6.07) is 7.48. The highest BCUT2D eigenvalue weighted by Crippen LogP contribution is 2.29. The van der Waals surface area contributed by atoms with Gasteiger partial charge >= 0.3 is 5.97 Å². The van der Waals surface area contributed by atoms with Gasteiger partial charge in [0.2, 0.25) is 0 Å². The largest absolute Gasteiger partial charge is 0.468 e. The van der Waals surface area contributed by atoms with E-state index in [2.05, 4.69) is 26.1 Å². The van der Waals surface area contributed by atoms with Gasteiger partial charge in [0, 0.05) is 30.7 Å². The van der Waals surface area contributed by atoms with Crippen LogP contribution in [0.5, 0.6) is 0 Å². The molecule has 0 radical (unpaired) electrons. The zero-order valence-electron chi connectivity index (χ0n) is 10.4. The zero-order chi connectivity index (χ0) is 13.0. The molecule has 0 amide bonds. The van der Waals surface area contributed by atoms with Crippen LogP contribution in [-0.2, 0) is 9.53 Å². The number of carbonyl (C=O) groups excluding carboxylic acids is 1. The molecule has 2 rings (SSSR count). The molecule has 0 spiro atoms. The van der Waals surface area contributed by atoms with Crippen molar-refractivity contribution >= 4 is 21.9 Å². The van der Waals surface area contributed by atoms with Gasteiger partial charge in [-0.3, -0.25) is 4.90 Å². The monoisotopic (exact) mass is 312 g/mol. The molecule has 1 fully saturated rings. The highest BCUT2D eigenvalue weighted by atomic mass is 79.9. The summed E-state index contributed by atoms with van der Waals surface area (Å²) in [6.07, 6.45) is 0. The van der Waals surface area contributed by atoms with Crippen molar-refractivity contribution in [3.63, 3.8) is 0 Å². The predicted molar refractivity (Wildman–Crippen MR) is 73.3 cm³/mol. The van der Waals surface area contributed by atoms with E-state index in [0.29, 0.717) is 0 Å². The third kappa shape index (κ3) is 2.91. The third-order valence-electron chi connectivity index (χ3n) is 3.14. The van der Waals surface area contributed by atoms with E-state index in [4.69, 9.17) is 4.74 Å². The molecule has 0 aliphatic carbocycles. The van der Waals surface area contributed by atoms with Crippen LogP contribution in [0.15, 0.2) is 28.7 Å². The number of nitrogens with zero attached hydrogens (tertiary/aromatic N) is 1. The standard InChI is InChI=1S/C13H17BrN2O2/c1-18-13(17)12(16-8-6-15-7-9-16)10-4-2-3-5-11(10)14/h2-5,12,15H,6-9H2,1H3. The first-order valence-corrected chi connectivity index (χ1v) is 6.80. The number of halogens is 1. The zero-order valence-corrected chi connectivity index (χ0v) is 11.9. The van der Waals surface area contributed by atoms with E-state index in [1.165, 1.54) is 7.11 Å². The van der Waals surface area contributed by atoms with Crippen molar-refractivity contribution in [1.29, 1.82) is 0 Å². The van der Waals surface area contributed by atoms with Gasteiger partial charge in [-0.2, -0.15) is 0 Å². The molecular formula is C13H17BrN2O2. The maximum atomic E-state index is 12.1. The minimum Gasteiger partial charge on any atom is -0.468 e. The van der Waals surface area contributed by atoms with Crippen LogP contribution in [0, 0.1) is 0 Å². The minimum atomic E-state index is -0.326. The normalized spacial score (nSPS) is 18.3. The van der Waals surface area contributed by atoms with Gasteiger partial charge in [-0.05, 0) is 11.6 Å². The number of benzene rings is 1. The molecule has 0 saturated carbocycles. The molecule has 0 bridgehead atoms. The van der Waals surface area contributed by atoms with Crippen molar-refractivity contribution in [3.8, 4) is 0 Å². The number of piperazine rings is 1. The summed E-state index contributed by atoms with van der Waals surface area (Å²) in [5.74, 6) is -0.205. The van der Waals surface area contributed by atoms with E-state index in [1.54, 1.807) is 0 Å². The summed E-state index contributed by atoms with van der Waals surface area (Å²) >= 11 is 3.51. The van der Waals surface area contributed by atoms with E-state index in [0.717, 1.165) is 36.2 Å². The second-order valence-electron chi connectivity index (χ2n) is 4.23. The second kappa shape index (κ2) is 6.31. The maximum Gasteiger partial charge on any atom is 0.327 e. The number of ether oxygens (including phenoxy) is 1. The molecular weight excluding hydrogens is 296 g/mol. The number of hydrogen-bond acceptors (Lipinski definition) is 4. The summed E-state index contributed by atoms with van der Waals surface area (Å²) in [7, 11) is 1.44. The van der Waals surface area contributed by atoms with Crippen molar-refractivity contribution in [1.82, 2.24) is 10.2 Å². The van der Waals surface area contributed by atoms with Crippen molar-refractivity contribution in [2.75, 3.05) is 33.3 Å². The molecule has 0 aromatic heterocycles. The Bertz CT molecular complexity index is 419. The summed E-state index contributed by atoms with van der Waals surface area (Å²) in [6.45, 7) is 3.50. The van der Waals surface area contributed by atoms with Crippen LogP contribution in [0.3, 0.4) is 0 Å². The lowest BCUT2D eigenvalue weighted by Gasteiger charge is -2.33. The number of esters is 1. The average molecular weight is 313 g/mol. The molecule has 1 heterocycles. The lowest BCUT2D eigenvalue weighted by Crippen LogP contribution is -2.47. The lowest BCUT2D eigenvalue weighted by atomic mass is 10.0. The van der Waals surface area contributed by atoms with Gasteiger partial charge in [-0.25, -0.2) is 4.79 Å². The smallest absolute Gasteiger partial charge is 0.327 e. The predicted octanol–water partition coefficient (Wildman–Crippen LogP) is 1.57. The Balaban J connectivity index is 2.30. The molecule has 1 saturated heterocycles. The van der Waals surface area contributed by atoms with Crippen LogP contribution in [0.4, 0.5) is 0 Å². The van der Waals surface area contributed by atoms with E-state index in [1.807, 2.05) is 24.3 Å². The Hall–Kier alpha value is -0.910. The molecule has 1 atom stereocenters. The van der Waals surface area contributed by atoms with Gasteiger partial charge in [0.15, 0.2) is 0 Å². The molecule has 18 heavy (non-hydrogen) atoms. The maximum absolute atomic E-state index is 12.1. The number of carbonyl (C=O) groups is 1. The Kier molecular flexibility index (Phi) is 4.74. The Labute approximate surface area is 115 Å². The number of methoxy groups -OCH3 is 1. The van der Waals surface area contributed by atoms with E-state index in [9.17, 15) is 4.79 Å². The molecule has 1 aromatic rings. The summed E-state index contributed by atoms with van der Waals surface area (Å²) < 4.78 is 5.90. The van der Waals surface area contributed by atoms with Gasteiger partial charge in [0.05, 0.1) is 7.11 Å². The Morgan fingerprint density at radius 3 is 2.67 bits per heavy atom. The number of nitrogens with one attached hydrogen (secondary N) is 1. The Morgan fingerprint density at radius 1 is 1.39 bits per heavy atom. The minimum absolute atomic E-state index is 0.205. The van der Waals surface area contributed by atoms with Crippen LogP contribution in [0.25, 0.3) is 0 Å². The van der Waals surface area contributed by atoms with Crippen LogP contribution < -0.4 is 5.32 Å². The first kappa shape index (κ1) is 13.5. The van der Waals surface area contributed by atoms with Crippen LogP contribution >= 0.6 is 15.9 Å². The van der Waals surface area contributed by atoms with E-state index >= 15 is 0 Å². The first-order chi connectivity index (χ1) is 8.74. The molecule has 1 unspecified atom stereocenters. The van der Waals surface area contributed by atoms with Crippen molar-refractivity contribution in [2.45, 2.75) is 6.04 Å². The molecule has 98 valence electrons. The fraction of sp³-hybridized carbons (Fsp3) is 0.462. The van der Waals surface area contributed by atoms with Crippen LogP contribution in [-0.4, -0.2) is 44.2 Å². The van der Waals surface area contributed by atoms with Gasteiger partial charge in [-0.1, -0.05) is 34.1 Å². The summed E-state index contributed by atoms with van der Waals surface area (Å²) in [5.41, 5.74) is 0.964. The van der Waals surface area contributed by atoms with Crippen LogP contribution in [0.2, 0.25) is 0 Å². The fourth-order valence-electron chi connectivity index (χ4n) is 2.22. The van der Waals surface area contributed by atoms with Crippen molar-refractivity contribution in [3.05, 3.63) is 34.3 Å². The highest BCUT2D eigenvalue weighted by molar-refractivity contribution is 9.10. The quantitative estimate of drug-likeness (QED) is 0.860. The second-order valence-corrected chi connectivity index (χ2v) is 5.09. The van der Waals surface area contributed by atoms with Crippen molar-refractivity contribution in [2.24, 2.45) is 0 Å². The van der Waals surface area contributed by atoms with Gasteiger partial charge in [-0.15, -0.1) is 0 Å². The number of rotatable bonds is 3. The molecule has 1 aromatic carbocycles. The number of hydrogen-bond donors (Lipinski definition) is 1. The molecule has 1 aliphatic heterocycles. The lowest BCUT2D eigenvalue weighted by molar-refractivity contribution is -0.147. The van der Waals surface area contributed by atoms with Gasteiger partial charge < -0.3 is 10.1 Å². The summed E-state index contributed by atoms with van der Waals surface area (Å²) in [4.78, 5) is 14.2. The average Bonchev–Trinajstić information content (AvgIpc) is 2.42. The molecule has 1 N–H and O–H groups in total. The van der Waals surface area contributed by atoms with Gasteiger partial charge in [0.25, 0.3) is 0 Å². The van der Waals surface area contributed by atoms with E-state index < -0.39 is 0 Å². The van der Waals surface area contributed by atoms with Crippen LogP contribution in [0.1, 0.15) is 11.6 Å². The Morgan fingerprint density at radius 2 is 2.06 bits per heavy atom. The topological polar surface area (TPSA) is 41.6 Å². The first-order valence-electron chi connectivity index (χ1n) is 6.01. The SMILES string of the molecule is COC(=O)C(c1ccccc1Br)N1CCNCC1. The molecule has 4 nitrogen and oxygen atoms in total. The van der Waals surface area contributed by atoms with Gasteiger partial charge in [0.1, 0.15) is 6.04 Å². The highest BCUT2D eigenvalue weighted by Gasteiger charge is 2.30. The molecule has 5 heteroatoms. The fourth-order valence-corrected chi connectivity index (χ4v) is 2.72. The van der Waals surface area contributed by atoms with E-state index in [-0.39, 0.29) is 12.0 Å². The van der Waals surface area contributed by atoms with Crippen molar-refractivity contribution < 1.29 is 9.53 Å². The third-order valence-corrected chi connectivity index (χ3v) is 3.86. The molecule has 1 aliphatic rings. The summed E-state index contributed by atoms with van der Waals surface area (Å²) in [5, 5.41) is 3.29.